The van der Waals surface area contributed by atoms with Crippen molar-refractivity contribution in [3.63, 3.8) is 0 Å². The van der Waals surface area contributed by atoms with Crippen molar-refractivity contribution < 1.29 is 33.3 Å². The molecule has 0 bridgehead atoms. The van der Waals surface area contributed by atoms with E-state index in [0.29, 0.717) is 58.7 Å². The zero-order valence-corrected chi connectivity index (χ0v) is 37.7. The molecule has 1 rings (SSSR count). The first-order chi connectivity index (χ1) is 27.5. The lowest BCUT2D eigenvalue weighted by molar-refractivity contribution is -0.160. The molecule has 0 amide bonds. The van der Waals surface area contributed by atoms with Gasteiger partial charge in [-0.2, -0.15) is 0 Å². The second-order valence-electron chi connectivity index (χ2n) is 16.9. The molecule has 0 unspecified atom stereocenters. The topological polar surface area (TPSA) is 83.5 Å². The summed E-state index contributed by atoms with van der Waals surface area (Å²) in [5.74, 6) is -0.311. The van der Waals surface area contributed by atoms with E-state index in [-0.39, 0.29) is 23.6 Å². The summed E-state index contributed by atoms with van der Waals surface area (Å²) < 4.78 is 29.7. The first-order valence-electron chi connectivity index (χ1n) is 24.3. The van der Waals surface area contributed by atoms with E-state index in [4.69, 9.17) is 23.7 Å². The van der Waals surface area contributed by atoms with E-state index in [0.717, 1.165) is 71.2 Å². The Morgan fingerprint density at radius 3 is 1.38 bits per heavy atom. The van der Waals surface area contributed by atoms with Gasteiger partial charge in [-0.05, 0) is 82.8 Å². The minimum Gasteiger partial charge on any atom is -0.466 e. The third-order valence-corrected chi connectivity index (χ3v) is 11.8. The smallest absolute Gasteiger partial charge is 0.305 e. The van der Waals surface area contributed by atoms with Gasteiger partial charge in [-0.25, -0.2) is 0 Å². The van der Waals surface area contributed by atoms with E-state index < -0.39 is 0 Å². The van der Waals surface area contributed by atoms with E-state index in [1.807, 2.05) is 0 Å². The molecule has 0 atom stereocenters. The molecule has 0 aromatic heterocycles. The minimum absolute atomic E-state index is 0.0186. The molecule has 1 aliphatic heterocycles. The summed E-state index contributed by atoms with van der Waals surface area (Å²) in [7, 11) is 0. The van der Waals surface area contributed by atoms with Gasteiger partial charge < -0.3 is 28.6 Å². The van der Waals surface area contributed by atoms with Gasteiger partial charge in [0.2, 0.25) is 0 Å². The predicted octanol–water partition coefficient (Wildman–Crippen LogP) is 12.9. The van der Waals surface area contributed by atoms with Crippen LogP contribution in [-0.2, 0) is 33.3 Å². The number of hydrogen-bond donors (Lipinski definition) is 0. The third-order valence-electron chi connectivity index (χ3n) is 11.8. The molecule has 0 aromatic rings. The number of hydrogen-bond acceptors (Lipinski definition) is 8. The van der Waals surface area contributed by atoms with Gasteiger partial charge >= 0.3 is 11.9 Å². The predicted molar refractivity (Wildman–Crippen MR) is 233 cm³/mol. The van der Waals surface area contributed by atoms with Crippen LogP contribution in [0.5, 0.6) is 0 Å². The number of ether oxygens (including phenoxy) is 5. The van der Waals surface area contributed by atoms with Gasteiger partial charge in [-0.1, -0.05) is 150 Å². The van der Waals surface area contributed by atoms with Crippen molar-refractivity contribution in [2.75, 3.05) is 59.3 Å². The first-order valence-corrected chi connectivity index (χ1v) is 24.3. The molecule has 56 heavy (non-hydrogen) atoms. The van der Waals surface area contributed by atoms with Gasteiger partial charge in [0.1, 0.15) is 0 Å². The third kappa shape index (κ3) is 31.7. The average molecular weight is 796 g/mol. The number of carbonyl (C=O) groups excluding carboxylic acids is 2. The number of piperidine rings is 1. The summed E-state index contributed by atoms with van der Waals surface area (Å²) in [6.45, 7) is 15.8. The van der Waals surface area contributed by atoms with Gasteiger partial charge in [-0.3, -0.25) is 9.59 Å². The summed E-state index contributed by atoms with van der Waals surface area (Å²) >= 11 is 0. The number of esters is 2. The van der Waals surface area contributed by atoms with Crippen molar-refractivity contribution in [2.45, 2.75) is 233 Å². The Morgan fingerprint density at radius 1 is 0.482 bits per heavy atom. The lowest BCUT2D eigenvalue weighted by Crippen LogP contribution is -2.41. The Hall–Kier alpha value is -1.22. The Balaban J connectivity index is 2.47. The number of carbonyl (C=O) groups is 2. The largest absolute Gasteiger partial charge is 0.466 e. The van der Waals surface area contributed by atoms with Crippen LogP contribution in [-0.4, -0.2) is 82.4 Å². The molecule has 1 heterocycles. The van der Waals surface area contributed by atoms with Crippen molar-refractivity contribution in [1.82, 2.24) is 4.90 Å². The standard InChI is InChI=1S/C48H93NO7/c1-5-9-13-16-19-22-25-39-52-40-28-29-45(50)53-43-34-48(32-37-49(38-33-48)36-12-8-4)35-44-54-46(51)30-31-47(55-41-26-23-20-17-14-10-6-2)56-42-27-24-21-18-15-11-7-3/h47H,5-44H2,1-4H3. The fourth-order valence-electron chi connectivity index (χ4n) is 7.75. The fraction of sp³-hybridized carbons (Fsp3) is 0.958. The lowest BCUT2D eigenvalue weighted by Gasteiger charge is -2.42. The highest BCUT2D eigenvalue weighted by atomic mass is 16.7. The second kappa shape index (κ2) is 39.3. The van der Waals surface area contributed by atoms with E-state index in [1.54, 1.807) is 0 Å². The van der Waals surface area contributed by atoms with Gasteiger partial charge in [-0.15, -0.1) is 0 Å². The molecule has 8 heteroatoms. The van der Waals surface area contributed by atoms with E-state index >= 15 is 0 Å². The maximum atomic E-state index is 13.0. The van der Waals surface area contributed by atoms with Crippen molar-refractivity contribution in [3.8, 4) is 0 Å². The monoisotopic (exact) mass is 796 g/mol. The Kier molecular flexibility index (Phi) is 37.0. The molecule has 0 aliphatic carbocycles. The highest BCUT2D eigenvalue weighted by Crippen LogP contribution is 2.39. The fourth-order valence-corrected chi connectivity index (χ4v) is 7.75. The Bertz CT molecular complexity index is 842. The molecule has 8 nitrogen and oxygen atoms in total. The van der Waals surface area contributed by atoms with Gasteiger partial charge in [0.25, 0.3) is 0 Å². The molecule has 0 saturated carbocycles. The highest BCUT2D eigenvalue weighted by molar-refractivity contribution is 5.69. The SMILES string of the molecule is CCCCCCCCCOCCCC(=O)OCCC1(CCOC(=O)CCC(OCCCCCCCCC)OCCCCCCCCC)CCN(CCCC)CC1. The van der Waals surface area contributed by atoms with Crippen LogP contribution in [0.3, 0.4) is 0 Å². The molecular weight excluding hydrogens is 703 g/mol. The summed E-state index contributed by atoms with van der Waals surface area (Å²) in [6.07, 6.45) is 34.0. The van der Waals surface area contributed by atoms with E-state index in [9.17, 15) is 9.59 Å². The normalized spacial score (nSPS) is 14.4. The molecule has 0 radical (unpaired) electrons. The molecule has 1 aliphatic rings. The maximum Gasteiger partial charge on any atom is 0.305 e. The molecule has 0 N–H and O–H groups in total. The summed E-state index contributed by atoms with van der Waals surface area (Å²) in [4.78, 5) is 28.1. The van der Waals surface area contributed by atoms with Crippen LogP contribution in [0.4, 0.5) is 0 Å². The van der Waals surface area contributed by atoms with Gasteiger partial charge in [0.05, 0.1) is 19.6 Å². The zero-order chi connectivity index (χ0) is 40.6. The van der Waals surface area contributed by atoms with Crippen molar-refractivity contribution in [1.29, 1.82) is 0 Å². The van der Waals surface area contributed by atoms with Crippen LogP contribution >= 0.6 is 0 Å². The molecular formula is C48H93NO7. The van der Waals surface area contributed by atoms with Crippen molar-refractivity contribution >= 4 is 11.9 Å². The summed E-state index contributed by atoms with van der Waals surface area (Å²) in [5.41, 5.74) is 0.0186. The van der Waals surface area contributed by atoms with Crippen molar-refractivity contribution in [2.24, 2.45) is 5.41 Å². The molecule has 332 valence electrons. The van der Waals surface area contributed by atoms with E-state index in [1.165, 1.54) is 128 Å². The summed E-state index contributed by atoms with van der Waals surface area (Å²) in [6, 6.07) is 0. The van der Waals surface area contributed by atoms with Gasteiger partial charge in [0, 0.05) is 39.3 Å². The molecule has 1 fully saturated rings. The number of unbranched alkanes of at least 4 members (excludes halogenated alkanes) is 19. The molecule has 1 saturated heterocycles. The maximum absolute atomic E-state index is 13.0. The van der Waals surface area contributed by atoms with Crippen LogP contribution in [0.1, 0.15) is 227 Å². The van der Waals surface area contributed by atoms with E-state index in [2.05, 4.69) is 32.6 Å². The number of rotatable bonds is 42. The first kappa shape index (κ1) is 52.8. The Morgan fingerprint density at radius 2 is 0.893 bits per heavy atom. The molecule has 0 aromatic carbocycles. The van der Waals surface area contributed by atoms with Crippen LogP contribution in [0.15, 0.2) is 0 Å². The zero-order valence-electron chi connectivity index (χ0n) is 37.7. The quantitative estimate of drug-likeness (QED) is 0.0343. The number of likely N-dealkylation sites (tertiary alicyclic amines) is 1. The van der Waals surface area contributed by atoms with Gasteiger partial charge in [0.15, 0.2) is 6.29 Å². The van der Waals surface area contributed by atoms with Crippen LogP contribution < -0.4 is 0 Å². The number of nitrogens with zero attached hydrogens (tertiary/aromatic N) is 1. The van der Waals surface area contributed by atoms with Crippen LogP contribution in [0.2, 0.25) is 0 Å². The molecule has 0 spiro atoms. The van der Waals surface area contributed by atoms with Crippen LogP contribution in [0.25, 0.3) is 0 Å². The minimum atomic E-state index is -0.354. The second-order valence-corrected chi connectivity index (χ2v) is 16.9. The Labute approximate surface area is 347 Å². The van der Waals surface area contributed by atoms with Crippen molar-refractivity contribution in [3.05, 3.63) is 0 Å². The lowest BCUT2D eigenvalue weighted by atomic mass is 9.73. The summed E-state index contributed by atoms with van der Waals surface area (Å²) in [5, 5.41) is 0. The van der Waals surface area contributed by atoms with Crippen LogP contribution in [0, 0.1) is 5.41 Å². The average Bonchev–Trinajstić information content (AvgIpc) is 3.20. The highest BCUT2D eigenvalue weighted by Gasteiger charge is 2.34.